The minimum atomic E-state index is -0.682. The molecule has 2 aliphatic heterocycles. The summed E-state index contributed by atoms with van der Waals surface area (Å²) in [6.07, 6.45) is 0. The molecule has 1 aromatic heterocycles. The van der Waals surface area contributed by atoms with Crippen LogP contribution < -0.4 is 14.2 Å². The molecule has 0 saturated carbocycles. The fourth-order valence-corrected chi connectivity index (χ4v) is 4.93. The van der Waals surface area contributed by atoms with Gasteiger partial charge in [0.1, 0.15) is 11.6 Å². The number of hydrogen-bond acceptors (Lipinski definition) is 6. The van der Waals surface area contributed by atoms with Crippen LogP contribution in [-0.4, -0.2) is 54.2 Å². The van der Waals surface area contributed by atoms with Gasteiger partial charge in [0.15, 0.2) is 29.7 Å². The number of carbonyl (C=O) groups excluding carboxylic acids is 2. The summed E-state index contributed by atoms with van der Waals surface area (Å²) in [4.78, 5) is 27.6. The molecule has 8 nitrogen and oxygen atoms in total. The smallest absolute Gasteiger partial charge is 0.216 e. The first-order valence-corrected chi connectivity index (χ1v) is 11.9. The molecule has 0 saturated heterocycles. The molecule has 0 unspecified atom stereocenters. The molecule has 0 bridgehead atoms. The lowest BCUT2D eigenvalue weighted by molar-refractivity contribution is 0.0919. The van der Waals surface area contributed by atoms with E-state index in [-0.39, 0.29) is 76.6 Å². The quantitative estimate of drug-likeness (QED) is 0.418. The van der Waals surface area contributed by atoms with E-state index < -0.39 is 5.82 Å². The van der Waals surface area contributed by atoms with Crippen molar-refractivity contribution in [2.75, 3.05) is 27.4 Å². The number of amidine groups is 1. The Morgan fingerprint density at radius 2 is 1.87 bits per heavy atom. The Kier molecular flexibility index (Phi) is 7.13. The molecule has 0 aliphatic carbocycles. The van der Waals surface area contributed by atoms with Crippen molar-refractivity contribution in [1.29, 1.82) is 5.41 Å². The molecule has 0 spiro atoms. The van der Waals surface area contributed by atoms with Crippen molar-refractivity contribution < 1.29 is 28.2 Å². The molecule has 0 atom stereocenters. The predicted molar refractivity (Wildman–Crippen MR) is 146 cm³/mol. The molecule has 38 heavy (non-hydrogen) atoms. The fourth-order valence-electron chi connectivity index (χ4n) is 4.93. The number of benzene rings is 2. The number of nitrogens with zero attached hydrogens (tertiary/aromatic N) is 2. The van der Waals surface area contributed by atoms with E-state index in [1.54, 1.807) is 30.3 Å². The van der Waals surface area contributed by atoms with Crippen LogP contribution >= 0.6 is 17.0 Å². The van der Waals surface area contributed by atoms with Gasteiger partial charge in [-0.3, -0.25) is 15.0 Å². The maximum Gasteiger partial charge on any atom is 0.216 e. The van der Waals surface area contributed by atoms with E-state index in [0.717, 1.165) is 5.69 Å². The van der Waals surface area contributed by atoms with E-state index in [4.69, 9.17) is 19.6 Å². The van der Waals surface area contributed by atoms with Crippen LogP contribution in [0.2, 0.25) is 0 Å². The van der Waals surface area contributed by atoms with Gasteiger partial charge in [0.25, 0.3) is 0 Å². The van der Waals surface area contributed by atoms with Gasteiger partial charge in [-0.2, -0.15) is 0 Å². The Labute approximate surface area is 230 Å². The highest BCUT2D eigenvalue weighted by Crippen LogP contribution is 2.39. The lowest BCUT2D eigenvalue weighted by atomic mass is 9.92. The zero-order valence-corrected chi connectivity index (χ0v) is 23.5. The van der Waals surface area contributed by atoms with Crippen LogP contribution in [0.5, 0.6) is 17.2 Å². The molecule has 3 heterocycles. The second kappa shape index (κ2) is 9.90. The summed E-state index contributed by atoms with van der Waals surface area (Å²) in [5.74, 6) is -0.495. The molecule has 2 aromatic carbocycles. The Morgan fingerprint density at radius 3 is 2.53 bits per heavy atom. The third kappa shape index (κ3) is 4.36. The topological polar surface area (TPSA) is 93.9 Å². The number of fused-ring (bicyclic) bond motifs is 4. The standard InChI is InChI=1S/C28H28FN3O5.BrH/c1-28(2,3)23-9-7-17-20(34)14-37-21-8-6-15(10-18(21)32(17)23)19(33)13-31-12-16-11-22(35-4)26(36-5)25(29)24(16)27(31)30;/h6-11,30H,12-14H2,1-5H3;1H. The number of Topliss-reactive ketones (excluding diaryl/α,β-unsaturated/α-hetero) is 2. The molecular weight excluding hydrogens is 557 g/mol. The average Bonchev–Trinajstić information content (AvgIpc) is 3.40. The van der Waals surface area contributed by atoms with Crippen molar-refractivity contribution in [3.8, 4) is 22.9 Å². The molecule has 0 radical (unpaired) electrons. The summed E-state index contributed by atoms with van der Waals surface area (Å²) >= 11 is 0. The number of halogens is 2. The average molecular weight is 586 g/mol. The van der Waals surface area contributed by atoms with Crippen molar-refractivity contribution in [1.82, 2.24) is 9.47 Å². The van der Waals surface area contributed by atoms with Gasteiger partial charge < -0.3 is 23.7 Å². The summed E-state index contributed by atoms with van der Waals surface area (Å²) < 4.78 is 33.1. The Morgan fingerprint density at radius 1 is 1.13 bits per heavy atom. The predicted octanol–water partition coefficient (Wildman–Crippen LogP) is 5.11. The van der Waals surface area contributed by atoms with Gasteiger partial charge in [0, 0.05) is 23.2 Å². The number of aromatic nitrogens is 1. The number of rotatable bonds is 5. The normalized spacial score (nSPS) is 14.1. The number of hydrogen-bond donors (Lipinski definition) is 1. The fraction of sp³-hybridized carbons (Fsp3) is 0.321. The van der Waals surface area contributed by atoms with Crippen LogP contribution in [0.15, 0.2) is 36.4 Å². The van der Waals surface area contributed by atoms with Crippen molar-refractivity contribution in [2.24, 2.45) is 0 Å². The second-order valence-corrected chi connectivity index (χ2v) is 10.2. The summed E-state index contributed by atoms with van der Waals surface area (Å²) in [6, 6.07) is 10.4. The van der Waals surface area contributed by atoms with Gasteiger partial charge in [-0.1, -0.05) is 20.8 Å². The molecule has 0 amide bonds. The Hall–Kier alpha value is -3.66. The lowest BCUT2D eigenvalue weighted by Crippen LogP contribution is -2.30. The molecular formula is C28H29BrFN3O5. The Balaban J connectivity index is 0.00000336. The SMILES string of the molecule is Br.COc1cc2c(c(F)c1OC)C(=N)N(CC(=O)c1ccc3c(c1)-n1c(ccc1C(C)(C)C)C(=O)CO3)C2. The lowest BCUT2D eigenvalue weighted by Gasteiger charge is -2.23. The summed E-state index contributed by atoms with van der Waals surface area (Å²) in [5.41, 5.74) is 2.82. The molecule has 10 heteroatoms. The number of nitrogens with one attached hydrogen (secondary N) is 1. The first-order valence-electron chi connectivity index (χ1n) is 11.9. The molecule has 5 rings (SSSR count). The molecule has 200 valence electrons. The Bertz CT molecular complexity index is 1470. The van der Waals surface area contributed by atoms with Crippen molar-refractivity contribution in [3.63, 3.8) is 0 Å². The minimum Gasteiger partial charge on any atom is -0.493 e. The van der Waals surface area contributed by atoms with Crippen LogP contribution in [0.3, 0.4) is 0 Å². The van der Waals surface area contributed by atoms with Gasteiger partial charge in [-0.05, 0) is 42.0 Å². The zero-order chi connectivity index (χ0) is 26.6. The van der Waals surface area contributed by atoms with E-state index >= 15 is 4.39 Å². The summed E-state index contributed by atoms with van der Waals surface area (Å²) in [7, 11) is 2.76. The second-order valence-electron chi connectivity index (χ2n) is 10.2. The number of ether oxygens (including phenoxy) is 3. The van der Waals surface area contributed by atoms with Gasteiger partial charge in [0.05, 0.1) is 37.7 Å². The van der Waals surface area contributed by atoms with E-state index in [0.29, 0.717) is 28.3 Å². The zero-order valence-electron chi connectivity index (χ0n) is 21.8. The first-order chi connectivity index (χ1) is 17.5. The molecule has 2 aliphatic rings. The van der Waals surface area contributed by atoms with Gasteiger partial charge in [-0.25, -0.2) is 4.39 Å². The highest BCUT2D eigenvalue weighted by atomic mass is 79.9. The van der Waals surface area contributed by atoms with Gasteiger partial charge in [0.2, 0.25) is 5.78 Å². The van der Waals surface area contributed by atoms with Crippen LogP contribution in [0.1, 0.15) is 58.4 Å². The largest absolute Gasteiger partial charge is 0.493 e. The number of methoxy groups -OCH3 is 2. The van der Waals surface area contributed by atoms with Gasteiger partial charge in [-0.15, -0.1) is 17.0 Å². The maximum absolute atomic E-state index is 15.1. The third-order valence-corrected chi connectivity index (χ3v) is 6.76. The van der Waals surface area contributed by atoms with Crippen LogP contribution in [0.25, 0.3) is 5.69 Å². The third-order valence-electron chi connectivity index (χ3n) is 6.76. The monoisotopic (exact) mass is 585 g/mol. The first kappa shape index (κ1) is 27.4. The van der Waals surface area contributed by atoms with E-state index in [2.05, 4.69) is 20.8 Å². The number of ketones is 2. The maximum atomic E-state index is 15.1. The minimum absolute atomic E-state index is 0. The highest BCUT2D eigenvalue weighted by Gasteiger charge is 2.33. The summed E-state index contributed by atoms with van der Waals surface area (Å²) in [6.45, 7) is 6.15. The molecule has 3 aromatic rings. The van der Waals surface area contributed by atoms with E-state index in [1.165, 1.54) is 19.1 Å². The summed E-state index contributed by atoms with van der Waals surface area (Å²) in [5, 5.41) is 8.53. The van der Waals surface area contributed by atoms with Gasteiger partial charge >= 0.3 is 0 Å². The van der Waals surface area contributed by atoms with Crippen LogP contribution in [0, 0.1) is 11.2 Å². The van der Waals surface area contributed by atoms with Crippen molar-refractivity contribution in [2.45, 2.75) is 32.7 Å². The van der Waals surface area contributed by atoms with Crippen LogP contribution in [0.4, 0.5) is 4.39 Å². The molecule has 1 N–H and O–H groups in total. The highest BCUT2D eigenvalue weighted by molar-refractivity contribution is 8.93. The van der Waals surface area contributed by atoms with Crippen molar-refractivity contribution >= 4 is 34.4 Å². The van der Waals surface area contributed by atoms with E-state index in [1.807, 2.05) is 10.6 Å². The molecule has 0 fully saturated rings. The van der Waals surface area contributed by atoms with E-state index in [9.17, 15) is 9.59 Å². The van der Waals surface area contributed by atoms with Crippen molar-refractivity contribution in [3.05, 3.63) is 70.3 Å². The van der Waals surface area contributed by atoms with Crippen LogP contribution in [-0.2, 0) is 12.0 Å². The number of carbonyl (C=O) groups is 2.